The van der Waals surface area contributed by atoms with Crippen molar-refractivity contribution in [3.8, 4) is 0 Å². The summed E-state index contributed by atoms with van der Waals surface area (Å²) in [6.07, 6.45) is 7.11. The molecular weight excluding hydrogens is 276 g/mol. The van der Waals surface area contributed by atoms with E-state index in [1.54, 1.807) is 0 Å². The van der Waals surface area contributed by atoms with Crippen molar-refractivity contribution in [3.05, 3.63) is 17.0 Å². The van der Waals surface area contributed by atoms with E-state index >= 15 is 0 Å². The van der Waals surface area contributed by atoms with Crippen molar-refractivity contribution in [2.24, 2.45) is 5.92 Å². The number of hydrogen-bond acceptors (Lipinski definition) is 2. The molecule has 0 amide bonds. The van der Waals surface area contributed by atoms with Gasteiger partial charge in [0.05, 0.1) is 19.8 Å². The Labute approximate surface area is 133 Å². The Balaban J connectivity index is 5.00. The van der Waals surface area contributed by atoms with Gasteiger partial charge in [-0.3, -0.25) is 0 Å². The lowest BCUT2D eigenvalue weighted by atomic mass is 9.93. The predicted molar refractivity (Wildman–Crippen MR) is 95.2 cm³/mol. The fraction of sp³-hybridized carbons (Fsp3) is 0.833. The van der Waals surface area contributed by atoms with Gasteiger partial charge in [-0.15, -0.1) is 5.73 Å². The topological polar surface area (TPSA) is 40.5 Å². The van der Waals surface area contributed by atoms with Gasteiger partial charge in [0.25, 0.3) is 0 Å². The third-order valence-electron chi connectivity index (χ3n) is 4.08. The van der Waals surface area contributed by atoms with Crippen LogP contribution in [0.25, 0.3) is 0 Å². The summed E-state index contributed by atoms with van der Waals surface area (Å²) in [6.45, 7) is 14.5. The lowest BCUT2D eigenvalue weighted by Crippen LogP contribution is -2.32. The van der Waals surface area contributed by atoms with Crippen LogP contribution < -0.4 is 0 Å². The molecule has 0 spiro atoms. The largest absolute Gasteiger partial charge is 0.390 e. The van der Waals surface area contributed by atoms with Crippen molar-refractivity contribution >= 4 is 8.07 Å². The Bertz CT molecular complexity index is 354. The van der Waals surface area contributed by atoms with Crippen molar-refractivity contribution in [2.75, 3.05) is 0 Å². The first kappa shape index (κ1) is 20.7. The lowest BCUT2D eigenvalue weighted by Gasteiger charge is -2.25. The second-order valence-electron chi connectivity index (χ2n) is 7.78. The Morgan fingerprint density at radius 1 is 1.19 bits per heavy atom. The molecule has 0 aliphatic heterocycles. The summed E-state index contributed by atoms with van der Waals surface area (Å²) >= 11 is 0. The van der Waals surface area contributed by atoms with Gasteiger partial charge < -0.3 is 10.2 Å². The smallest absolute Gasteiger partial charge is 0.0857 e. The molecule has 21 heavy (non-hydrogen) atoms. The lowest BCUT2D eigenvalue weighted by molar-refractivity contribution is 0.0441. The zero-order valence-corrected chi connectivity index (χ0v) is 16.2. The van der Waals surface area contributed by atoms with E-state index in [9.17, 15) is 10.2 Å². The molecule has 0 rings (SSSR count). The van der Waals surface area contributed by atoms with Crippen molar-refractivity contribution < 1.29 is 10.2 Å². The molecule has 0 aliphatic rings. The van der Waals surface area contributed by atoms with Gasteiger partial charge in [0.1, 0.15) is 0 Å². The number of unbranched alkanes of at least 4 members (excludes halogenated alkanes) is 3. The molecule has 0 aromatic heterocycles. The van der Waals surface area contributed by atoms with Gasteiger partial charge in [0.15, 0.2) is 0 Å². The van der Waals surface area contributed by atoms with Gasteiger partial charge in [-0.05, 0) is 31.5 Å². The molecule has 0 aromatic carbocycles. The van der Waals surface area contributed by atoms with Crippen molar-refractivity contribution in [1.82, 2.24) is 0 Å². The molecule has 2 N–H and O–H groups in total. The summed E-state index contributed by atoms with van der Waals surface area (Å²) < 4.78 is 0. The van der Waals surface area contributed by atoms with Gasteiger partial charge >= 0.3 is 0 Å². The quantitative estimate of drug-likeness (QED) is 0.368. The van der Waals surface area contributed by atoms with Crippen LogP contribution in [0, 0.1) is 5.92 Å². The van der Waals surface area contributed by atoms with Gasteiger partial charge in [0.2, 0.25) is 0 Å². The van der Waals surface area contributed by atoms with E-state index in [0.717, 1.165) is 18.0 Å². The minimum absolute atomic E-state index is 0.0242. The molecule has 0 heterocycles. The van der Waals surface area contributed by atoms with Gasteiger partial charge in [-0.1, -0.05) is 59.2 Å². The van der Waals surface area contributed by atoms with Gasteiger partial charge in [-0.25, -0.2) is 0 Å². The van der Waals surface area contributed by atoms with Crippen LogP contribution in [0.2, 0.25) is 19.6 Å². The molecule has 0 aliphatic carbocycles. The monoisotopic (exact) mass is 312 g/mol. The summed E-state index contributed by atoms with van der Waals surface area (Å²) in [5.41, 5.74) is 2.60. The number of rotatable bonds is 9. The SMILES string of the molecule is CCCCCC[C@@H](O)C(=C=C[C@H](C)C(C)(C)O)[Si](C)(C)C. The van der Waals surface area contributed by atoms with Crippen LogP contribution in [-0.2, 0) is 0 Å². The van der Waals surface area contributed by atoms with Crippen LogP contribution in [0.4, 0.5) is 0 Å². The molecule has 0 saturated carbocycles. The Kier molecular flexibility index (Phi) is 8.80. The second kappa shape index (κ2) is 8.95. The van der Waals surface area contributed by atoms with Crippen LogP contribution in [-0.4, -0.2) is 30.0 Å². The molecule has 0 aromatic rings. The van der Waals surface area contributed by atoms with E-state index in [1.165, 1.54) is 19.3 Å². The highest BCUT2D eigenvalue weighted by Crippen LogP contribution is 2.23. The summed E-state index contributed by atoms with van der Waals surface area (Å²) in [6, 6.07) is 0. The van der Waals surface area contributed by atoms with Gasteiger partial charge in [0, 0.05) is 5.92 Å². The van der Waals surface area contributed by atoms with Crippen LogP contribution >= 0.6 is 0 Å². The predicted octanol–water partition coefficient (Wildman–Crippen LogP) is 4.68. The molecule has 3 heteroatoms. The van der Waals surface area contributed by atoms with Crippen LogP contribution in [0.15, 0.2) is 17.0 Å². The highest BCUT2D eigenvalue weighted by molar-refractivity contribution is 6.83. The zero-order valence-electron chi connectivity index (χ0n) is 15.2. The molecule has 0 fully saturated rings. The van der Waals surface area contributed by atoms with E-state index in [1.807, 2.05) is 26.8 Å². The maximum Gasteiger partial charge on any atom is 0.0857 e. The summed E-state index contributed by atoms with van der Waals surface area (Å²) in [4.78, 5) is 0. The molecule has 0 bridgehead atoms. The normalized spacial score (nSPS) is 15.3. The van der Waals surface area contributed by atoms with Crippen LogP contribution in [0.5, 0.6) is 0 Å². The Morgan fingerprint density at radius 3 is 2.19 bits per heavy atom. The van der Waals surface area contributed by atoms with Gasteiger partial charge in [-0.2, -0.15) is 0 Å². The van der Waals surface area contributed by atoms with E-state index < -0.39 is 13.7 Å². The van der Waals surface area contributed by atoms with E-state index in [4.69, 9.17) is 0 Å². The van der Waals surface area contributed by atoms with E-state index in [2.05, 4.69) is 32.3 Å². The molecule has 2 nitrogen and oxygen atoms in total. The molecule has 124 valence electrons. The molecule has 0 unspecified atom stereocenters. The highest BCUT2D eigenvalue weighted by atomic mass is 28.3. The summed E-state index contributed by atoms with van der Waals surface area (Å²) in [7, 11) is -1.60. The Hall–Kier alpha value is -0.343. The summed E-state index contributed by atoms with van der Waals surface area (Å²) in [5.74, 6) is 0.0242. The standard InChI is InChI=1S/C18H36O2Si/c1-8-9-10-11-12-16(19)17(21(5,6)7)14-13-15(2)18(3,4)20/h13,15-16,19-20H,8-12H2,1-7H3/t14?,15-,16+/m0/s1. The molecule has 0 radical (unpaired) electrons. The maximum atomic E-state index is 10.5. The maximum absolute atomic E-state index is 10.5. The van der Waals surface area contributed by atoms with Crippen LogP contribution in [0.3, 0.4) is 0 Å². The average molecular weight is 313 g/mol. The van der Waals surface area contributed by atoms with Crippen LogP contribution in [0.1, 0.15) is 59.8 Å². The minimum Gasteiger partial charge on any atom is -0.390 e. The van der Waals surface area contributed by atoms with Crippen molar-refractivity contribution in [1.29, 1.82) is 0 Å². The van der Waals surface area contributed by atoms with E-state index in [0.29, 0.717) is 0 Å². The fourth-order valence-electron chi connectivity index (χ4n) is 2.14. The number of aliphatic hydroxyl groups is 2. The molecule has 0 saturated heterocycles. The third kappa shape index (κ3) is 8.62. The number of hydrogen-bond donors (Lipinski definition) is 2. The molecule has 2 atom stereocenters. The average Bonchev–Trinajstić information content (AvgIpc) is 2.31. The third-order valence-corrected chi connectivity index (χ3v) is 6.17. The minimum atomic E-state index is -1.60. The van der Waals surface area contributed by atoms with Crippen molar-refractivity contribution in [2.45, 2.75) is 91.1 Å². The molecular formula is C18H36O2Si. The Morgan fingerprint density at radius 2 is 1.76 bits per heavy atom. The highest BCUT2D eigenvalue weighted by Gasteiger charge is 2.26. The number of aliphatic hydroxyl groups excluding tert-OH is 1. The summed E-state index contributed by atoms with van der Waals surface area (Å²) in [5, 5.41) is 21.6. The van der Waals surface area contributed by atoms with Crippen molar-refractivity contribution in [3.63, 3.8) is 0 Å². The van der Waals surface area contributed by atoms with E-state index in [-0.39, 0.29) is 12.0 Å². The second-order valence-corrected chi connectivity index (χ2v) is 12.8. The zero-order chi connectivity index (χ0) is 16.7. The fourth-order valence-corrected chi connectivity index (χ4v) is 3.80. The first-order valence-electron chi connectivity index (χ1n) is 8.37. The first-order valence-corrected chi connectivity index (χ1v) is 11.9. The first-order chi connectivity index (χ1) is 9.50.